The summed E-state index contributed by atoms with van der Waals surface area (Å²) >= 11 is 0. The Morgan fingerprint density at radius 3 is 2.05 bits per heavy atom. The Bertz CT molecular complexity index is 619. The first kappa shape index (κ1) is 14.0. The number of carbonyl (C=O) groups is 2. The molecule has 0 aliphatic carbocycles. The summed E-state index contributed by atoms with van der Waals surface area (Å²) in [7, 11) is 0. The summed E-state index contributed by atoms with van der Waals surface area (Å²) in [6.07, 6.45) is 0. The molecule has 1 atom stereocenters. The lowest BCUT2D eigenvalue weighted by Crippen LogP contribution is -2.27. The largest absolute Gasteiger partial charge is 0.545 e. The molecule has 0 saturated heterocycles. The molecule has 0 bridgehead atoms. The molecule has 0 fully saturated rings. The molecule has 20 heavy (non-hydrogen) atoms. The Labute approximate surface area is 116 Å². The number of carbonyl (C=O) groups excluding carboxylic acids is 2. The van der Waals surface area contributed by atoms with E-state index in [0.717, 1.165) is 0 Å². The van der Waals surface area contributed by atoms with Gasteiger partial charge in [-0.2, -0.15) is 0 Å². The van der Waals surface area contributed by atoms with E-state index in [9.17, 15) is 19.8 Å². The molecule has 4 heteroatoms. The van der Waals surface area contributed by atoms with Crippen molar-refractivity contribution in [3.05, 3.63) is 71.3 Å². The van der Waals surface area contributed by atoms with E-state index in [0.29, 0.717) is 5.56 Å². The zero-order chi connectivity index (χ0) is 14.5. The fraction of sp³-hybridized carbons (Fsp3) is 0.125. The van der Waals surface area contributed by atoms with Crippen LogP contribution in [-0.2, 0) is 0 Å². The minimum atomic E-state index is -1.40. The third-order valence-corrected chi connectivity index (χ3v) is 3.11. The van der Waals surface area contributed by atoms with Crippen molar-refractivity contribution in [3.8, 4) is 0 Å². The molecule has 2 aromatic rings. The van der Waals surface area contributed by atoms with Crippen LogP contribution in [0, 0.1) is 0 Å². The maximum absolute atomic E-state index is 12.5. The van der Waals surface area contributed by atoms with Crippen molar-refractivity contribution in [2.45, 2.75) is 5.92 Å². The van der Waals surface area contributed by atoms with Gasteiger partial charge in [-0.25, -0.2) is 0 Å². The van der Waals surface area contributed by atoms with Gasteiger partial charge in [0, 0.05) is 11.1 Å². The Morgan fingerprint density at radius 1 is 0.950 bits per heavy atom. The molecule has 0 radical (unpaired) electrons. The molecule has 4 nitrogen and oxygen atoms in total. The summed E-state index contributed by atoms with van der Waals surface area (Å²) in [4.78, 5) is 23.5. The minimum absolute atomic E-state index is 0.0513. The second-order valence-corrected chi connectivity index (χ2v) is 4.34. The van der Waals surface area contributed by atoms with Crippen molar-refractivity contribution in [2.24, 2.45) is 0 Å². The van der Waals surface area contributed by atoms with E-state index in [1.807, 2.05) is 0 Å². The first-order valence-electron chi connectivity index (χ1n) is 6.15. The fourth-order valence-electron chi connectivity index (χ4n) is 2.09. The van der Waals surface area contributed by atoms with Gasteiger partial charge in [0.25, 0.3) is 0 Å². The number of Topliss-reactive ketones (excluding diaryl/α,β-unsaturated/α-hetero) is 1. The number of carboxylic acids is 1. The van der Waals surface area contributed by atoms with Gasteiger partial charge in [-0.05, 0) is 5.56 Å². The second kappa shape index (κ2) is 6.12. The zero-order valence-corrected chi connectivity index (χ0v) is 10.7. The quantitative estimate of drug-likeness (QED) is 0.822. The molecule has 1 unspecified atom stereocenters. The van der Waals surface area contributed by atoms with E-state index in [4.69, 9.17) is 0 Å². The van der Waals surface area contributed by atoms with E-state index >= 15 is 0 Å². The van der Waals surface area contributed by atoms with Crippen LogP contribution in [0.1, 0.15) is 32.2 Å². The number of carboxylic acid groups (broad SMARTS) is 1. The van der Waals surface area contributed by atoms with Crippen molar-refractivity contribution in [1.29, 1.82) is 0 Å². The Morgan fingerprint density at radius 2 is 1.50 bits per heavy atom. The van der Waals surface area contributed by atoms with Crippen molar-refractivity contribution < 1.29 is 19.8 Å². The standard InChI is InChI=1S/C16H14O4/c17-10-14(11-6-2-1-3-7-11)15(18)12-8-4-5-9-13(12)16(19)20/h1-9,14,17H,10H2,(H,19,20)/p-1. The summed E-state index contributed by atoms with van der Waals surface area (Å²) in [5.41, 5.74) is 0.537. The number of aliphatic hydroxyl groups excluding tert-OH is 1. The summed E-state index contributed by atoms with van der Waals surface area (Å²) in [5.74, 6) is -2.62. The number of hydrogen-bond acceptors (Lipinski definition) is 4. The third kappa shape index (κ3) is 2.75. The highest BCUT2D eigenvalue weighted by molar-refractivity contribution is 6.08. The van der Waals surface area contributed by atoms with Gasteiger partial charge in [-0.1, -0.05) is 54.6 Å². The highest BCUT2D eigenvalue weighted by Gasteiger charge is 2.23. The molecule has 2 aromatic carbocycles. The minimum Gasteiger partial charge on any atom is -0.545 e. The normalized spacial score (nSPS) is 11.8. The van der Waals surface area contributed by atoms with Crippen LogP contribution in [0.3, 0.4) is 0 Å². The van der Waals surface area contributed by atoms with Gasteiger partial charge in [-0.15, -0.1) is 0 Å². The third-order valence-electron chi connectivity index (χ3n) is 3.11. The second-order valence-electron chi connectivity index (χ2n) is 4.34. The fourth-order valence-corrected chi connectivity index (χ4v) is 2.09. The van der Waals surface area contributed by atoms with Gasteiger partial charge in [-0.3, -0.25) is 4.79 Å². The van der Waals surface area contributed by atoms with E-state index in [1.165, 1.54) is 18.2 Å². The molecule has 102 valence electrons. The lowest BCUT2D eigenvalue weighted by Gasteiger charge is -2.16. The van der Waals surface area contributed by atoms with Crippen molar-refractivity contribution in [2.75, 3.05) is 6.61 Å². The number of hydrogen-bond donors (Lipinski definition) is 1. The summed E-state index contributed by atoms with van der Waals surface area (Å²) in [6, 6.07) is 14.6. The van der Waals surface area contributed by atoms with E-state index < -0.39 is 17.7 Å². The van der Waals surface area contributed by atoms with Crippen LogP contribution in [0.25, 0.3) is 0 Å². The van der Waals surface area contributed by atoms with Gasteiger partial charge in [0.1, 0.15) is 0 Å². The van der Waals surface area contributed by atoms with Crippen molar-refractivity contribution in [1.82, 2.24) is 0 Å². The number of aromatic carboxylic acids is 1. The highest BCUT2D eigenvalue weighted by Crippen LogP contribution is 2.22. The monoisotopic (exact) mass is 269 g/mol. The summed E-state index contributed by atoms with van der Waals surface area (Å²) < 4.78 is 0. The Hall–Kier alpha value is -2.46. The molecule has 0 spiro atoms. The smallest absolute Gasteiger partial charge is 0.173 e. The molecule has 0 saturated carbocycles. The molecule has 0 heterocycles. The summed E-state index contributed by atoms with van der Waals surface area (Å²) in [6.45, 7) is -0.385. The SMILES string of the molecule is O=C([O-])c1ccccc1C(=O)C(CO)c1ccccc1. The topological polar surface area (TPSA) is 77.4 Å². The van der Waals surface area contributed by atoms with E-state index in [1.54, 1.807) is 36.4 Å². The van der Waals surface area contributed by atoms with Crippen LogP contribution in [0.2, 0.25) is 0 Å². The van der Waals surface area contributed by atoms with Crippen LogP contribution in [-0.4, -0.2) is 23.5 Å². The zero-order valence-electron chi connectivity index (χ0n) is 10.7. The molecule has 0 aromatic heterocycles. The van der Waals surface area contributed by atoms with Gasteiger partial charge in [0.15, 0.2) is 5.78 Å². The lowest BCUT2D eigenvalue weighted by molar-refractivity contribution is -0.255. The van der Waals surface area contributed by atoms with Crippen LogP contribution in [0.15, 0.2) is 54.6 Å². The van der Waals surface area contributed by atoms with Gasteiger partial charge < -0.3 is 15.0 Å². The van der Waals surface area contributed by atoms with E-state index in [-0.39, 0.29) is 17.7 Å². The molecule has 2 rings (SSSR count). The Balaban J connectivity index is 2.42. The number of aliphatic hydroxyl groups is 1. The van der Waals surface area contributed by atoms with Gasteiger partial charge >= 0.3 is 0 Å². The average molecular weight is 269 g/mol. The predicted molar refractivity (Wildman–Crippen MR) is 71.4 cm³/mol. The summed E-state index contributed by atoms with van der Waals surface area (Å²) in [5, 5.41) is 20.5. The molecule has 0 aliphatic rings. The molecular weight excluding hydrogens is 256 g/mol. The number of ketones is 1. The van der Waals surface area contributed by atoms with Gasteiger partial charge in [0.05, 0.1) is 18.5 Å². The maximum atomic E-state index is 12.5. The van der Waals surface area contributed by atoms with Crippen LogP contribution in [0.4, 0.5) is 0 Å². The van der Waals surface area contributed by atoms with Crippen LogP contribution >= 0.6 is 0 Å². The van der Waals surface area contributed by atoms with E-state index in [2.05, 4.69) is 0 Å². The number of rotatable bonds is 5. The van der Waals surface area contributed by atoms with Crippen LogP contribution in [0.5, 0.6) is 0 Å². The lowest BCUT2D eigenvalue weighted by atomic mass is 9.89. The molecule has 0 amide bonds. The maximum Gasteiger partial charge on any atom is 0.173 e. The molecular formula is C16H13O4-. The number of benzene rings is 2. The predicted octanol–water partition coefficient (Wildman–Crippen LogP) is 1.01. The highest BCUT2D eigenvalue weighted by atomic mass is 16.4. The first-order chi connectivity index (χ1) is 9.65. The van der Waals surface area contributed by atoms with Crippen molar-refractivity contribution >= 4 is 11.8 Å². The molecule has 1 N–H and O–H groups in total. The van der Waals surface area contributed by atoms with Crippen molar-refractivity contribution in [3.63, 3.8) is 0 Å². The van der Waals surface area contributed by atoms with Gasteiger partial charge in [0.2, 0.25) is 0 Å². The average Bonchev–Trinajstić information content (AvgIpc) is 2.49. The first-order valence-corrected chi connectivity index (χ1v) is 6.15. The van der Waals surface area contributed by atoms with Crippen LogP contribution < -0.4 is 5.11 Å². The molecule has 0 aliphatic heterocycles. The Kier molecular flexibility index (Phi) is 4.27.